The zero-order valence-corrected chi connectivity index (χ0v) is 11.1. The Morgan fingerprint density at radius 2 is 1.38 bits per heavy atom. The van der Waals surface area contributed by atoms with Gasteiger partial charge in [0.2, 0.25) is 5.90 Å². The second-order valence-electron chi connectivity index (χ2n) is 4.37. The molecule has 21 heavy (non-hydrogen) atoms. The summed E-state index contributed by atoms with van der Waals surface area (Å²) >= 11 is 0. The third kappa shape index (κ3) is 3.12. The minimum atomic E-state index is -0.426. The van der Waals surface area contributed by atoms with Crippen LogP contribution in [0.2, 0.25) is 0 Å². The van der Waals surface area contributed by atoms with Crippen LogP contribution in [0.1, 0.15) is 11.1 Å². The second kappa shape index (κ2) is 5.96. The van der Waals surface area contributed by atoms with Gasteiger partial charge in [-0.15, -0.1) is 10.2 Å². The van der Waals surface area contributed by atoms with Crippen molar-refractivity contribution in [3.8, 4) is 0 Å². The molecule has 0 aromatic heterocycles. The summed E-state index contributed by atoms with van der Waals surface area (Å²) in [4.78, 5) is 11.0. The van der Waals surface area contributed by atoms with E-state index in [1.54, 1.807) is 0 Å². The molecule has 0 radical (unpaired) electrons. The molecule has 0 saturated heterocycles. The van der Waals surface area contributed by atoms with Gasteiger partial charge in [-0.3, -0.25) is 0 Å². The zero-order valence-electron chi connectivity index (χ0n) is 11.1. The molecular formula is C17H12N2O2. The summed E-state index contributed by atoms with van der Waals surface area (Å²) in [7, 11) is 0. The minimum absolute atomic E-state index is 0.198. The fourth-order valence-electron chi connectivity index (χ4n) is 1.94. The lowest BCUT2D eigenvalue weighted by molar-refractivity contribution is -0.129. The summed E-state index contributed by atoms with van der Waals surface area (Å²) in [6, 6.07) is 19.5. The molecule has 102 valence electrons. The van der Waals surface area contributed by atoms with Crippen molar-refractivity contribution in [1.82, 2.24) is 0 Å². The van der Waals surface area contributed by atoms with Crippen LogP contribution in [0.15, 0.2) is 83.0 Å². The van der Waals surface area contributed by atoms with Gasteiger partial charge in [0.05, 0.1) is 0 Å². The first-order chi connectivity index (χ1) is 10.3. The summed E-state index contributed by atoms with van der Waals surface area (Å²) in [6.07, 6.45) is 2.82. The van der Waals surface area contributed by atoms with E-state index >= 15 is 0 Å². The van der Waals surface area contributed by atoms with E-state index in [4.69, 9.17) is 4.74 Å². The quantitative estimate of drug-likeness (QED) is 0.491. The first-order valence-corrected chi connectivity index (χ1v) is 6.49. The van der Waals surface area contributed by atoms with Gasteiger partial charge >= 0.3 is 5.97 Å². The minimum Gasteiger partial charge on any atom is -0.403 e. The predicted molar refractivity (Wildman–Crippen MR) is 81.2 cm³/mol. The Balaban J connectivity index is 2.01. The molecule has 1 heterocycles. The summed E-state index contributed by atoms with van der Waals surface area (Å²) in [5, 5.41) is 8.26. The number of ether oxygens (including phenoxy) is 1. The first-order valence-electron chi connectivity index (χ1n) is 6.49. The van der Waals surface area contributed by atoms with Crippen molar-refractivity contribution in [3.63, 3.8) is 0 Å². The molecule has 4 nitrogen and oxygen atoms in total. The van der Waals surface area contributed by atoms with Gasteiger partial charge in [0.1, 0.15) is 5.71 Å². The molecule has 0 aliphatic carbocycles. The Morgan fingerprint density at radius 1 is 0.810 bits per heavy atom. The molecule has 2 aromatic rings. The Morgan fingerprint density at radius 3 is 1.86 bits per heavy atom. The van der Waals surface area contributed by atoms with E-state index in [2.05, 4.69) is 10.2 Å². The van der Waals surface area contributed by atoms with E-state index < -0.39 is 5.97 Å². The number of hydrogen-bond donors (Lipinski definition) is 0. The number of rotatable bonds is 3. The molecule has 0 bridgehead atoms. The number of benzene rings is 2. The van der Waals surface area contributed by atoms with E-state index in [0.29, 0.717) is 0 Å². The molecule has 0 fully saturated rings. The molecule has 1 aliphatic heterocycles. The van der Waals surface area contributed by atoms with E-state index in [1.807, 2.05) is 60.7 Å². The highest BCUT2D eigenvalue weighted by atomic mass is 16.5. The fraction of sp³-hybridized carbons (Fsp3) is 0. The Hall–Kier alpha value is -3.01. The van der Waals surface area contributed by atoms with Gasteiger partial charge < -0.3 is 4.74 Å². The molecule has 0 N–H and O–H groups in total. The monoisotopic (exact) mass is 276 g/mol. The summed E-state index contributed by atoms with van der Waals surface area (Å²) < 4.78 is 4.88. The highest BCUT2D eigenvalue weighted by molar-refractivity contribution is 6.13. The molecule has 0 amide bonds. The molecule has 0 unspecified atom stereocenters. The van der Waals surface area contributed by atoms with Crippen LogP contribution in [0.4, 0.5) is 0 Å². The number of nitrogens with zero attached hydrogens (tertiary/aromatic N) is 2. The van der Waals surface area contributed by atoms with Gasteiger partial charge in [-0.1, -0.05) is 60.7 Å². The van der Waals surface area contributed by atoms with Crippen molar-refractivity contribution in [3.05, 3.63) is 83.9 Å². The van der Waals surface area contributed by atoms with Crippen molar-refractivity contribution in [2.45, 2.75) is 0 Å². The molecule has 4 heteroatoms. The van der Waals surface area contributed by atoms with Crippen LogP contribution in [0, 0.1) is 0 Å². The number of carbonyl (C=O) groups is 1. The van der Waals surface area contributed by atoms with Gasteiger partial charge in [-0.05, 0) is 0 Å². The fourth-order valence-corrected chi connectivity index (χ4v) is 1.94. The van der Waals surface area contributed by atoms with Gasteiger partial charge in [0.25, 0.3) is 0 Å². The van der Waals surface area contributed by atoms with Crippen LogP contribution >= 0.6 is 0 Å². The maximum atomic E-state index is 11.0. The Labute approximate surface area is 122 Å². The van der Waals surface area contributed by atoms with Crippen LogP contribution < -0.4 is 0 Å². The number of hydrogen-bond acceptors (Lipinski definition) is 4. The van der Waals surface area contributed by atoms with Gasteiger partial charge in [-0.2, -0.15) is 0 Å². The lowest BCUT2D eigenvalue weighted by atomic mass is 10.0. The maximum absolute atomic E-state index is 11.0. The highest BCUT2D eigenvalue weighted by Gasteiger charge is 2.11. The highest BCUT2D eigenvalue weighted by Crippen LogP contribution is 2.11. The lowest BCUT2D eigenvalue weighted by Gasteiger charge is -2.05. The van der Waals surface area contributed by atoms with Crippen molar-refractivity contribution >= 4 is 17.6 Å². The first kappa shape index (κ1) is 13.0. The Kier molecular flexibility index (Phi) is 3.69. The summed E-state index contributed by atoms with van der Waals surface area (Å²) in [6.45, 7) is 0. The van der Waals surface area contributed by atoms with Gasteiger partial charge in [-0.25, -0.2) is 4.79 Å². The average Bonchev–Trinajstić information content (AvgIpc) is 2.95. The third-order valence-electron chi connectivity index (χ3n) is 2.91. The molecule has 3 rings (SSSR count). The topological polar surface area (TPSA) is 51.0 Å². The molecule has 1 aliphatic rings. The molecule has 2 aromatic carbocycles. The van der Waals surface area contributed by atoms with E-state index in [-0.39, 0.29) is 5.90 Å². The van der Waals surface area contributed by atoms with Crippen LogP contribution in [0.25, 0.3) is 0 Å². The zero-order chi connectivity index (χ0) is 14.5. The summed E-state index contributed by atoms with van der Waals surface area (Å²) in [5.41, 5.74) is 2.61. The van der Waals surface area contributed by atoms with E-state index in [1.165, 1.54) is 12.2 Å². The number of esters is 1. The average molecular weight is 276 g/mol. The van der Waals surface area contributed by atoms with Gasteiger partial charge in [0, 0.05) is 23.3 Å². The van der Waals surface area contributed by atoms with Crippen LogP contribution in [0.5, 0.6) is 0 Å². The lowest BCUT2D eigenvalue weighted by Crippen LogP contribution is -2.04. The molecule has 0 saturated carbocycles. The van der Waals surface area contributed by atoms with Crippen LogP contribution in [-0.2, 0) is 9.53 Å². The molecular weight excluding hydrogens is 264 g/mol. The standard InChI is InChI=1S/C17H12N2O2/c20-16-12-11-15(21-16)18-19-17(13-7-3-1-4-8-13)14-9-5-2-6-10-14/h1-12H/b18-15+. The van der Waals surface area contributed by atoms with Crippen molar-refractivity contribution in [1.29, 1.82) is 0 Å². The SMILES string of the molecule is O=C1C=C/C(=N\N=C(c2ccccc2)c2ccccc2)O1. The smallest absolute Gasteiger partial charge is 0.337 e. The maximum Gasteiger partial charge on any atom is 0.337 e. The largest absolute Gasteiger partial charge is 0.403 e. The summed E-state index contributed by atoms with van der Waals surface area (Å²) in [5.74, 6) is -0.228. The second-order valence-corrected chi connectivity index (χ2v) is 4.37. The predicted octanol–water partition coefficient (Wildman–Crippen LogP) is 2.95. The van der Waals surface area contributed by atoms with E-state index in [9.17, 15) is 4.79 Å². The van der Waals surface area contributed by atoms with Crippen molar-refractivity contribution < 1.29 is 9.53 Å². The van der Waals surface area contributed by atoms with Crippen LogP contribution in [-0.4, -0.2) is 17.6 Å². The normalized spacial score (nSPS) is 15.0. The van der Waals surface area contributed by atoms with E-state index in [0.717, 1.165) is 16.8 Å². The van der Waals surface area contributed by atoms with Crippen LogP contribution in [0.3, 0.4) is 0 Å². The third-order valence-corrected chi connectivity index (χ3v) is 2.91. The Bertz CT molecular complexity index is 690. The van der Waals surface area contributed by atoms with Crippen molar-refractivity contribution in [2.24, 2.45) is 10.2 Å². The number of cyclic esters (lactones) is 1. The van der Waals surface area contributed by atoms with Crippen molar-refractivity contribution in [2.75, 3.05) is 0 Å². The molecule has 0 spiro atoms. The molecule has 0 atom stereocenters. The number of carbonyl (C=O) groups excluding carboxylic acids is 1. The van der Waals surface area contributed by atoms with Gasteiger partial charge in [0.15, 0.2) is 0 Å².